The lowest BCUT2D eigenvalue weighted by molar-refractivity contribution is 0.0697. The van der Waals surface area contributed by atoms with Gasteiger partial charge in [0.25, 0.3) is 0 Å². The summed E-state index contributed by atoms with van der Waals surface area (Å²) in [5.74, 6) is -1.56. The first-order valence-corrected chi connectivity index (χ1v) is 5.32. The van der Waals surface area contributed by atoms with Crippen LogP contribution >= 0.6 is 0 Å². The van der Waals surface area contributed by atoms with Crippen LogP contribution in [0, 0.1) is 5.82 Å². The van der Waals surface area contributed by atoms with Crippen LogP contribution in [0.15, 0.2) is 42.7 Å². The Kier molecular flexibility index (Phi) is 3.52. The van der Waals surface area contributed by atoms with Crippen LogP contribution in [-0.2, 0) is 6.54 Å². The second-order valence-electron chi connectivity index (χ2n) is 3.71. The fourth-order valence-electron chi connectivity index (χ4n) is 1.49. The fraction of sp³-hybridized carbons (Fsp3) is 0.0769. The predicted molar refractivity (Wildman–Crippen MR) is 64.9 cm³/mol. The van der Waals surface area contributed by atoms with E-state index in [0.29, 0.717) is 6.54 Å². The van der Waals surface area contributed by atoms with Crippen molar-refractivity contribution < 1.29 is 14.3 Å². The van der Waals surface area contributed by atoms with Gasteiger partial charge in [-0.3, -0.25) is 4.98 Å². The molecule has 0 radical (unpaired) electrons. The van der Waals surface area contributed by atoms with Crippen molar-refractivity contribution in [3.8, 4) is 0 Å². The van der Waals surface area contributed by atoms with Crippen molar-refractivity contribution in [2.75, 3.05) is 5.32 Å². The van der Waals surface area contributed by atoms with Gasteiger partial charge in [-0.25, -0.2) is 9.18 Å². The minimum absolute atomic E-state index is 0.0497. The molecule has 4 nitrogen and oxygen atoms in total. The standard InChI is InChI=1S/C13H11FN2O2/c14-11-2-1-10(13(17)18)7-12(11)16-8-9-3-5-15-6-4-9/h1-7,16H,8H2,(H,17,18). The van der Waals surface area contributed by atoms with Crippen LogP contribution < -0.4 is 5.32 Å². The molecule has 1 heterocycles. The summed E-state index contributed by atoms with van der Waals surface area (Å²) in [6.07, 6.45) is 3.28. The first-order valence-electron chi connectivity index (χ1n) is 5.32. The molecule has 92 valence electrons. The highest BCUT2D eigenvalue weighted by Crippen LogP contribution is 2.17. The Bertz CT molecular complexity index is 558. The topological polar surface area (TPSA) is 62.2 Å². The Balaban J connectivity index is 2.14. The monoisotopic (exact) mass is 246 g/mol. The maximum Gasteiger partial charge on any atom is 0.335 e. The number of nitrogens with one attached hydrogen (secondary N) is 1. The molecule has 2 N–H and O–H groups in total. The number of halogens is 1. The summed E-state index contributed by atoms with van der Waals surface area (Å²) >= 11 is 0. The van der Waals surface area contributed by atoms with Crippen LogP contribution in [0.2, 0.25) is 0 Å². The Morgan fingerprint density at radius 3 is 2.67 bits per heavy atom. The zero-order chi connectivity index (χ0) is 13.0. The van der Waals surface area contributed by atoms with Crippen LogP contribution in [0.5, 0.6) is 0 Å². The van der Waals surface area contributed by atoms with E-state index in [4.69, 9.17) is 5.11 Å². The second-order valence-corrected chi connectivity index (χ2v) is 3.71. The number of aromatic carboxylic acids is 1. The normalized spacial score (nSPS) is 10.1. The molecule has 0 bridgehead atoms. The minimum Gasteiger partial charge on any atom is -0.478 e. The minimum atomic E-state index is -1.08. The largest absolute Gasteiger partial charge is 0.478 e. The maximum absolute atomic E-state index is 13.5. The van der Waals surface area contributed by atoms with Crippen molar-refractivity contribution in [3.63, 3.8) is 0 Å². The third-order valence-electron chi connectivity index (χ3n) is 2.45. The average Bonchev–Trinajstić information content (AvgIpc) is 2.38. The summed E-state index contributed by atoms with van der Waals surface area (Å²) in [6, 6.07) is 7.24. The van der Waals surface area contributed by atoms with Crippen LogP contribution in [0.25, 0.3) is 0 Å². The van der Waals surface area contributed by atoms with E-state index in [1.165, 1.54) is 12.1 Å². The lowest BCUT2D eigenvalue weighted by atomic mass is 10.2. The number of pyridine rings is 1. The van der Waals surface area contributed by atoms with Crippen molar-refractivity contribution in [3.05, 3.63) is 59.7 Å². The molecule has 0 fully saturated rings. The first kappa shape index (κ1) is 12.0. The Morgan fingerprint density at radius 1 is 1.28 bits per heavy atom. The highest BCUT2D eigenvalue weighted by Gasteiger charge is 2.07. The average molecular weight is 246 g/mol. The SMILES string of the molecule is O=C(O)c1ccc(F)c(NCc2ccncc2)c1. The maximum atomic E-state index is 13.5. The molecule has 0 unspecified atom stereocenters. The summed E-state index contributed by atoms with van der Waals surface area (Å²) in [5, 5.41) is 11.7. The number of benzene rings is 1. The first-order chi connectivity index (χ1) is 8.66. The molecular weight excluding hydrogens is 235 g/mol. The third-order valence-corrected chi connectivity index (χ3v) is 2.45. The van der Waals surface area contributed by atoms with Crippen LogP contribution in [-0.4, -0.2) is 16.1 Å². The highest BCUT2D eigenvalue weighted by molar-refractivity contribution is 5.88. The zero-order valence-electron chi connectivity index (χ0n) is 9.43. The van der Waals surface area contributed by atoms with Gasteiger partial charge < -0.3 is 10.4 Å². The number of hydrogen-bond acceptors (Lipinski definition) is 3. The van der Waals surface area contributed by atoms with E-state index in [-0.39, 0.29) is 11.3 Å². The van der Waals surface area contributed by atoms with Gasteiger partial charge in [0.05, 0.1) is 11.3 Å². The summed E-state index contributed by atoms with van der Waals surface area (Å²) in [4.78, 5) is 14.7. The van der Waals surface area contributed by atoms with Gasteiger partial charge in [0.2, 0.25) is 0 Å². The lowest BCUT2D eigenvalue weighted by Crippen LogP contribution is -2.04. The molecule has 2 rings (SSSR count). The van der Waals surface area contributed by atoms with Crippen LogP contribution in [0.1, 0.15) is 15.9 Å². The van der Waals surface area contributed by atoms with Crippen molar-refractivity contribution in [1.82, 2.24) is 4.98 Å². The molecule has 18 heavy (non-hydrogen) atoms. The summed E-state index contributed by atoms with van der Waals surface area (Å²) in [7, 11) is 0. The lowest BCUT2D eigenvalue weighted by Gasteiger charge is -2.08. The fourth-order valence-corrected chi connectivity index (χ4v) is 1.49. The van der Waals surface area contributed by atoms with E-state index in [9.17, 15) is 9.18 Å². The molecule has 0 saturated carbocycles. The van der Waals surface area contributed by atoms with Crippen molar-refractivity contribution in [2.24, 2.45) is 0 Å². The van der Waals surface area contributed by atoms with Gasteiger partial charge in [-0.15, -0.1) is 0 Å². The molecule has 1 aromatic heterocycles. The molecule has 0 spiro atoms. The molecule has 0 amide bonds. The molecule has 0 saturated heterocycles. The summed E-state index contributed by atoms with van der Waals surface area (Å²) in [5.41, 5.74) is 1.16. The molecule has 1 aromatic carbocycles. The Labute approximate surface area is 103 Å². The van der Waals surface area contributed by atoms with Gasteiger partial charge in [-0.2, -0.15) is 0 Å². The number of aromatic nitrogens is 1. The van der Waals surface area contributed by atoms with E-state index in [0.717, 1.165) is 11.6 Å². The summed E-state index contributed by atoms with van der Waals surface area (Å²) < 4.78 is 13.5. The number of carboxylic acid groups (broad SMARTS) is 1. The van der Waals surface area contributed by atoms with Crippen molar-refractivity contribution in [2.45, 2.75) is 6.54 Å². The predicted octanol–water partition coefficient (Wildman–Crippen LogP) is 2.53. The number of nitrogens with zero attached hydrogens (tertiary/aromatic N) is 1. The van der Waals surface area contributed by atoms with E-state index < -0.39 is 11.8 Å². The molecule has 0 aliphatic rings. The Hall–Kier alpha value is -2.43. The van der Waals surface area contributed by atoms with Gasteiger partial charge in [0, 0.05) is 18.9 Å². The van der Waals surface area contributed by atoms with Gasteiger partial charge in [0.15, 0.2) is 0 Å². The van der Waals surface area contributed by atoms with Gasteiger partial charge >= 0.3 is 5.97 Å². The van der Waals surface area contributed by atoms with E-state index in [1.807, 2.05) is 0 Å². The van der Waals surface area contributed by atoms with E-state index in [2.05, 4.69) is 10.3 Å². The molecule has 0 aliphatic heterocycles. The number of carboxylic acids is 1. The highest BCUT2D eigenvalue weighted by atomic mass is 19.1. The molecule has 0 aliphatic carbocycles. The zero-order valence-corrected chi connectivity index (χ0v) is 9.43. The van der Waals surface area contributed by atoms with E-state index in [1.54, 1.807) is 24.5 Å². The quantitative estimate of drug-likeness (QED) is 0.870. The van der Waals surface area contributed by atoms with Gasteiger partial charge in [0.1, 0.15) is 5.82 Å². The van der Waals surface area contributed by atoms with E-state index >= 15 is 0 Å². The van der Waals surface area contributed by atoms with Crippen molar-refractivity contribution >= 4 is 11.7 Å². The van der Waals surface area contributed by atoms with Gasteiger partial charge in [-0.05, 0) is 35.9 Å². The molecule has 5 heteroatoms. The molecular formula is C13H11FN2O2. The molecule has 0 atom stereocenters. The molecule has 2 aromatic rings. The third kappa shape index (κ3) is 2.82. The number of hydrogen-bond donors (Lipinski definition) is 2. The van der Waals surface area contributed by atoms with Crippen LogP contribution in [0.3, 0.4) is 0 Å². The second kappa shape index (κ2) is 5.27. The Morgan fingerprint density at radius 2 is 2.00 bits per heavy atom. The van der Waals surface area contributed by atoms with Gasteiger partial charge in [-0.1, -0.05) is 0 Å². The number of carbonyl (C=O) groups is 1. The smallest absolute Gasteiger partial charge is 0.335 e. The van der Waals surface area contributed by atoms with Crippen LogP contribution in [0.4, 0.5) is 10.1 Å². The summed E-state index contributed by atoms with van der Waals surface area (Å²) in [6.45, 7) is 0.405. The van der Waals surface area contributed by atoms with Crippen molar-refractivity contribution in [1.29, 1.82) is 0 Å². The number of anilines is 1. The number of rotatable bonds is 4.